The van der Waals surface area contributed by atoms with Gasteiger partial charge in [0.25, 0.3) is 0 Å². The Hall–Kier alpha value is -4.16. The average Bonchev–Trinajstić information content (AvgIpc) is 3.66. The van der Waals surface area contributed by atoms with Crippen molar-refractivity contribution in [1.82, 2.24) is 33.4 Å². The zero-order valence-electron chi connectivity index (χ0n) is 22.3. The van der Waals surface area contributed by atoms with Crippen LogP contribution in [0, 0.1) is 18.7 Å². The van der Waals surface area contributed by atoms with Crippen LogP contribution in [0.25, 0.3) is 16.9 Å². The number of carbonyl (C=O) groups excluding carboxylic acids is 1. The van der Waals surface area contributed by atoms with Gasteiger partial charge in [0.1, 0.15) is 17.4 Å². The molecule has 1 fully saturated rings. The maximum Gasteiger partial charge on any atom is 0.246 e. The monoisotopic (exact) mass is 559 g/mol. The van der Waals surface area contributed by atoms with E-state index in [1.807, 2.05) is 17.5 Å². The summed E-state index contributed by atoms with van der Waals surface area (Å²) in [6.45, 7) is 7.28. The van der Waals surface area contributed by atoms with E-state index in [1.165, 1.54) is 41.2 Å². The number of hydrogen-bond donors (Lipinski definition) is 2. The fourth-order valence-corrected chi connectivity index (χ4v) is 5.77. The minimum Gasteiger partial charge on any atom is -0.328 e. The van der Waals surface area contributed by atoms with Gasteiger partial charge in [-0.15, -0.1) is 0 Å². The van der Waals surface area contributed by atoms with Crippen LogP contribution in [-0.4, -0.2) is 52.4 Å². The van der Waals surface area contributed by atoms with Crippen LogP contribution in [0.1, 0.15) is 31.2 Å². The standard InChI is InChI=1S/C28H30FN9OS/c1-18-6-5-9-36(13-18)16-21-10-26(40-35-21)34-27-28-30-12-24(38(28)14-19(2)32-27)20-11-31-37(15-20)17-25(39)33-23-8-4-3-7-22(23)29/h3-4,7-8,10-12,14-15,18H,5-6,9,13,16-17H2,1-2H3,(H,32,34)(H,33,39). The molecule has 1 aliphatic rings. The van der Waals surface area contributed by atoms with Gasteiger partial charge < -0.3 is 10.6 Å². The van der Waals surface area contributed by atoms with Crippen LogP contribution in [0.2, 0.25) is 0 Å². The molecule has 5 aromatic rings. The highest BCUT2D eigenvalue weighted by atomic mass is 32.1. The van der Waals surface area contributed by atoms with Crippen molar-refractivity contribution in [3.05, 3.63) is 72.3 Å². The molecular formula is C28H30FN9OS. The smallest absolute Gasteiger partial charge is 0.246 e. The largest absolute Gasteiger partial charge is 0.328 e. The number of likely N-dealkylation sites (tertiary alicyclic amines) is 1. The number of para-hydroxylation sites is 1. The number of nitrogens with zero attached hydrogens (tertiary/aromatic N) is 7. The van der Waals surface area contributed by atoms with Crippen LogP contribution in [0.15, 0.2) is 55.1 Å². The highest BCUT2D eigenvalue weighted by Gasteiger charge is 2.19. The molecule has 40 heavy (non-hydrogen) atoms. The molecule has 1 amide bonds. The van der Waals surface area contributed by atoms with Crippen molar-refractivity contribution in [1.29, 1.82) is 0 Å². The van der Waals surface area contributed by atoms with E-state index in [0.29, 0.717) is 11.5 Å². The number of imidazole rings is 1. The zero-order chi connectivity index (χ0) is 27.6. The van der Waals surface area contributed by atoms with Crippen LogP contribution in [0.4, 0.5) is 20.9 Å². The lowest BCUT2D eigenvalue weighted by Crippen LogP contribution is -2.33. The molecule has 1 saturated heterocycles. The number of hydrogen-bond acceptors (Lipinski definition) is 8. The second-order valence-electron chi connectivity index (χ2n) is 10.3. The average molecular weight is 560 g/mol. The van der Waals surface area contributed by atoms with E-state index >= 15 is 0 Å². The van der Waals surface area contributed by atoms with Crippen LogP contribution in [0.5, 0.6) is 0 Å². The Balaban J connectivity index is 1.17. The predicted octanol–water partition coefficient (Wildman–Crippen LogP) is 5.11. The summed E-state index contributed by atoms with van der Waals surface area (Å²) >= 11 is 1.42. The molecule has 0 bridgehead atoms. The first kappa shape index (κ1) is 26.1. The highest BCUT2D eigenvalue weighted by Crippen LogP contribution is 2.28. The van der Waals surface area contributed by atoms with E-state index in [1.54, 1.807) is 30.7 Å². The molecule has 0 radical (unpaired) electrons. The molecule has 1 aromatic carbocycles. The van der Waals surface area contributed by atoms with E-state index in [-0.39, 0.29) is 18.1 Å². The summed E-state index contributed by atoms with van der Waals surface area (Å²) in [4.78, 5) is 24.3. The molecule has 4 aromatic heterocycles. The normalized spacial score (nSPS) is 15.9. The number of aryl methyl sites for hydroxylation is 1. The van der Waals surface area contributed by atoms with Gasteiger partial charge in [0.2, 0.25) is 5.91 Å². The first-order valence-corrected chi connectivity index (χ1v) is 14.1. The van der Waals surface area contributed by atoms with Crippen molar-refractivity contribution in [2.75, 3.05) is 23.7 Å². The number of rotatable bonds is 8. The predicted molar refractivity (Wildman–Crippen MR) is 153 cm³/mol. The van der Waals surface area contributed by atoms with Crippen molar-refractivity contribution in [2.24, 2.45) is 5.92 Å². The molecule has 0 aliphatic carbocycles. The van der Waals surface area contributed by atoms with Crippen LogP contribution >= 0.6 is 11.5 Å². The number of fused-ring (bicyclic) bond motifs is 1. The van der Waals surface area contributed by atoms with Gasteiger partial charge in [-0.25, -0.2) is 14.4 Å². The fourth-order valence-electron chi connectivity index (χ4n) is 5.11. The number of halogens is 1. The Kier molecular flexibility index (Phi) is 7.27. The third-order valence-electron chi connectivity index (χ3n) is 6.92. The Bertz CT molecular complexity index is 1660. The molecule has 0 spiro atoms. The summed E-state index contributed by atoms with van der Waals surface area (Å²) in [6.07, 6.45) is 9.67. The number of nitrogens with one attached hydrogen (secondary N) is 2. The first-order valence-electron chi connectivity index (χ1n) is 13.3. The Morgan fingerprint density at radius 2 is 2.10 bits per heavy atom. The van der Waals surface area contributed by atoms with Crippen molar-refractivity contribution < 1.29 is 9.18 Å². The van der Waals surface area contributed by atoms with Gasteiger partial charge in [-0.1, -0.05) is 19.1 Å². The second kappa shape index (κ2) is 11.1. The molecule has 1 atom stereocenters. The van der Waals surface area contributed by atoms with Gasteiger partial charge in [0, 0.05) is 31.0 Å². The van der Waals surface area contributed by atoms with Crippen molar-refractivity contribution in [3.63, 3.8) is 0 Å². The lowest BCUT2D eigenvalue weighted by molar-refractivity contribution is -0.116. The van der Waals surface area contributed by atoms with Gasteiger partial charge in [0.05, 0.1) is 35.2 Å². The molecule has 5 heterocycles. The van der Waals surface area contributed by atoms with Crippen molar-refractivity contribution in [2.45, 2.75) is 39.8 Å². The van der Waals surface area contributed by atoms with E-state index in [9.17, 15) is 9.18 Å². The van der Waals surface area contributed by atoms with Crippen molar-refractivity contribution in [3.8, 4) is 11.3 Å². The Labute approximate surface area is 235 Å². The number of amides is 1. The maximum atomic E-state index is 13.9. The minimum atomic E-state index is -0.484. The third kappa shape index (κ3) is 5.73. The minimum absolute atomic E-state index is 0.0531. The number of aromatic nitrogens is 6. The molecule has 10 nitrogen and oxygen atoms in total. The van der Waals surface area contributed by atoms with Gasteiger partial charge in [-0.05, 0) is 62.0 Å². The summed E-state index contributed by atoms with van der Waals surface area (Å²) in [5.41, 5.74) is 4.29. The van der Waals surface area contributed by atoms with Gasteiger partial charge in [-0.2, -0.15) is 9.47 Å². The lowest BCUT2D eigenvalue weighted by Gasteiger charge is -2.30. The summed E-state index contributed by atoms with van der Waals surface area (Å²) in [7, 11) is 0. The van der Waals surface area contributed by atoms with E-state index in [4.69, 9.17) is 4.98 Å². The molecule has 1 aliphatic heterocycles. The van der Waals surface area contributed by atoms with Crippen LogP contribution in [-0.2, 0) is 17.9 Å². The highest BCUT2D eigenvalue weighted by molar-refractivity contribution is 7.10. The lowest BCUT2D eigenvalue weighted by atomic mass is 10.0. The van der Waals surface area contributed by atoms with Crippen LogP contribution < -0.4 is 10.6 Å². The summed E-state index contributed by atoms with van der Waals surface area (Å²) in [6, 6.07) is 8.15. The number of benzene rings is 1. The van der Waals surface area contributed by atoms with Crippen LogP contribution in [0.3, 0.4) is 0 Å². The zero-order valence-corrected chi connectivity index (χ0v) is 23.2. The van der Waals surface area contributed by atoms with Crippen molar-refractivity contribution >= 4 is 39.6 Å². The molecule has 0 saturated carbocycles. The first-order chi connectivity index (χ1) is 19.4. The maximum absolute atomic E-state index is 13.9. The van der Waals surface area contributed by atoms with Gasteiger partial charge in [-0.3, -0.25) is 18.8 Å². The fraction of sp³-hybridized carbons (Fsp3) is 0.321. The SMILES string of the molecule is Cc1cn2c(-c3cnn(CC(=O)Nc4ccccc4F)c3)cnc2c(Nc2cc(CN3CCCC(C)C3)ns2)n1. The summed E-state index contributed by atoms with van der Waals surface area (Å²) < 4.78 is 22.0. The summed E-state index contributed by atoms with van der Waals surface area (Å²) in [5.74, 6) is 0.516. The van der Waals surface area contributed by atoms with Gasteiger partial charge in [0.15, 0.2) is 11.5 Å². The second-order valence-corrected chi connectivity index (χ2v) is 11.1. The third-order valence-corrected chi connectivity index (χ3v) is 7.66. The van der Waals surface area contributed by atoms with E-state index in [2.05, 4.69) is 43.0 Å². The Morgan fingerprint density at radius 3 is 2.95 bits per heavy atom. The molecule has 206 valence electrons. The summed E-state index contributed by atoms with van der Waals surface area (Å²) in [5, 5.41) is 11.2. The number of anilines is 3. The molecule has 6 rings (SSSR count). The van der Waals surface area contributed by atoms with E-state index in [0.717, 1.165) is 53.2 Å². The topological polar surface area (TPSA) is 105 Å². The quantitative estimate of drug-likeness (QED) is 0.272. The Morgan fingerprint density at radius 1 is 1.23 bits per heavy atom. The molecule has 12 heteroatoms. The molecular weight excluding hydrogens is 529 g/mol. The van der Waals surface area contributed by atoms with E-state index < -0.39 is 5.82 Å². The van der Waals surface area contributed by atoms with Gasteiger partial charge >= 0.3 is 0 Å². The number of carbonyl (C=O) groups is 1. The molecule has 1 unspecified atom stereocenters. The molecule has 2 N–H and O–H groups in total. The number of piperidine rings is 1.